The minimum absolute atomic E-state index is 0.0717. The average Bonchev–Trinajstić information content (AvgIpc) is 2.85. The molecule has 4 rings (SSSR count). The number of carboxylic acids is 1. The van der Waals surface area contributed by atoms with Gasteiger partial charge in [0.15, 0.2) is 0 Å². The van der Waals surface area contributed by atoms with E-state index in [1.165, 1.54) is 36.0 Å². The number of hydrogen-bond acceptors (Lipinski definition) is 11. The van der Waals surface area contributed by atoms with E-state index >= 15 is 0 Å². The first-order valence-corrected chi connectivity index (χ1v) is 12.1. The lowest BCUT2D eigenvalue weighted by atomic mass is 9.96. The van der Waals surface area contributed by atoms with Crippen LogP contribution in [0.3, 0.4) is 0 Å². The Labute approximate surface area is 209 Å². The summed E-state index contributed by atoms with van der Waals surface area (Å²) in [5.74, 6) is -2.25. The monoisotopic (exact) mass is 525 g/mol. The van der Waals surface area contributed by atoms with Crippen LogP contribution in [0.1, 0.15) is 18.5 Å². The summed E-state index contributed by atoms with van der Waals surface area (Å²) in [6.45, 7) is 0.959. The van der Waals surface area contributed by atoms with E-state index in [0.29, 0.717) is 16.9 Å². The summed E-state index contributed by atoms with van der Waals surface area (Å²) in [6.07, 6.45) is -7.55. The number of aliphatic hydroxyl groups excluding tert-OH is 4. The van der Waals surface area contributed by atoms with Crippen molar-refractivity contribution in [1.82, 2.24) is 15.5 Å². The molecule has 0 spiro atoms. The summed E-state index contributed by atoms with van der Waals surface area (Å²) < 4.78 is 5.46. The molecule has 13 nitrogen and oxygen atoms in total. The number of β-lactam (4-membered cyclic amide) rings is 1. The zero-order valence-corrected chi connectivity index (χ0v) is 19.8. The normalized spacial score (nSPS) is 33.0. The average molecular weight is 526 g/mol. The van der Waals surface area contributed by atoms with Gasteiger partial charge in [0.1, 0.15) is 59.5 Å². The minimum atomic E-state index is -1.68. The van der Waals surface area contributed by atoms with Gasteiger partial charge in [-0.2, -0.15) is 0 Å². The maximum absolute atomic E-state index is 13.4. The number of benzene rings is 1. The number of carbonyl (C=O) groups is 3. The molecule has 2 amide bonds. The van der Waals surface area contributed by atoms with Crippen molar-refractivity contribution in [2.75, 3.05) is 12.4 Å². The zero-order valence-electron chi connectivity index (χ0n) is 19.0. The van der Waals surface area contributed by atoms with Crippen LogP contribution < -0.4 is 10.6 Å². The number of amides is 2. The molecule has 1 aromatic carbocycles. The van der Waals surface area contributed by atoms with Gasteiger partial charge in [-0.3, -0.25) is 19.8 Å². The van der Waals surface area contributed by atoms with Crippen LogP contribution in [0, 0.1) is 0 Å². The third kappa shape index (κ3) is 4.68. The van der Waals surface area contributed by atoms with Crippen molar-refractivity contribution in [3.8, 4) is 5.75 Å². The Morgan fingerprint density at radius 2 is 1.83 bits per heavy atom. The number of nitrogens with zero attached hydrogens (tertiary/aromatic N) is 1. The highest BCUT2D eigenvalue weighted by molar-refractivity contribution is 8.00. The number of carbonyl (C=O) groups excluding carboxylic acids is 2. The van der Waals surface area contributed by atoms with Crippen LogP contribution in [0.5, 0.6) is 5.75 Å². The fraction of sp³-hybridized carbons (Fsp3) is 0.500. The number of aromatic hydroxyl groups is 1. The largest absolute Gasteiger partial charge is 0.508 e. The summed E-state index contributed by atoms with van der Waals surface area (Å²) in [4.78, 5) is 38.9. The van der Waals surface area contributed by atoms with Gasteiger partial charge in [0.25, 0.3) is 5.91 Å². The van der Waals surface area contributed by atoms with E-state index < -0.39 is 72.5 Å². The second-order valence-corrected chi connectivity index (χ2v) is 9.88. The molecule has 8 N–H and O–H groups in total. The van der Waals surface area contributed by atoms with E-state index in [1.54, 1.807) is 6.92 Å². The molecule has 3 aliphatic heterocycles. The van der Waals surface area contributed by atoms with Gasteiger partial charge in [-0.15, -0.1) is 11.8 Å². The third-order valence-electron chi connectivity index (χ3n) is 6.37. The van der Waals surface area contributed by atoms with Crippen molar-refractivity contribution >= 4 is 29.5 Å². The van der Waals surface area contributed by atoms with Gasteiger partial charge in [-0.05, 0) is 30.2 Å². The standard InChI is InChI=1S/C22H27N3O10S/c1-8-7-36-21-13(20(32)25(21)14(8)22(33)34)23-18(31)12(9-2-4-10(27)5-3-9)24-19-17(30)16(29)15(28)11(6-26)35-19/h2-5,11-13,15-17,19,21,24,26-30H,6-7H2,1H3,(H,23,31)(H,33,34)/t11?,12-,13-,15?,16?,17?,19?,21-/m1/s1. The summed E-state index contributed by atoms with van der Waals surface area (Å²) >= 11 is 1.31. The van der Waals surface area contributed by atoms with Gasteiger partial charge in [-0.25, -0.2) is 4.79 Å². The highest BCUT2D eigenvalue weighted by atomic mass is 32.2. The van der Waals surface area contributed by atoms with Crippen LogP contribution in [-0.4, -0.2) is 108 Å². The first-order chi connectivity index (χ1) is 17.0. The number of hydrogen-bond donors (Lipinski definition) is 8. The van der Waals surface area contributed by atoms with Crippen molar-refractivity contribution in [3.05, 3.63) is 41.1 Å². The number of rotatable bonds is 7. The van der Waals surface area contributed by atoms with Crippen molar-refractivity contribution in [2.45, 2.75) is 55.0 Å². The second-order valence-electron chi connectivity index (χ2n) is 8.77. The molecule has 0 saturated carbocycles. The van der Waals surface area contributed by atoms with Gasteiger partial charge in [0.2, 0.25) is 5.91 Å². The molecule has 196 valence electrons. The lowest BCUT2D eigenvalue weighted by molar-refractivity contribution is -0.238. The Bertz CT molecular complexity index is 1060. The lowest BCUT2D eigenvalue weighted by Crippen LogP contribution is -2.71. The van der Waals surface area contributed by atoms with Crippen molar-refractivity contribution in [2.24, 2.45) is 0 Å². The molecule has 3 aliphatic rings. The Hall–Kier alpha value is -2.72. The van der Waals surface area contributed by atoms with Gasteiger partial charge >= 0.3 is 5.97 Å². The Kier molecular flexibility index (Phi) is 7.56. The predicted molar refractivity (Wildman–Crippen MR) is 123 cm³/mol. The number of phenols is 1. The maximum atomic E-state index is 13.4. The van der Waals surface area contributed by atoms with E-state index in [2.05, 4.69) is 10.6 Å². The summed E-state index contributed by atoms with van der Waals surface area (Å²) in [5.41, 5.74) is 0.737. The first-order valence-electron chi connectivity index (χ1n) is 11.1. The molecule has 8 atom stereocenters. The first kappa shape index (κ1) is 26.3. The van der Waals surface area contributed by atoms with Gasteiger partial charge in [-0.1, -0.05) is 12.1 Å². The molecular formula is C22H27N3O10S. The quantitative estimate of drug-likeness (QED) is 0.175. The number of nitrogens with one attached hydrogen (secondary N) is 2. The van der Waals surface area contributed by atoms with E-state index in [0.717, 1.165) is 4.90 Å². The summed E-state index contributed by atoms with van der Waals surface area (Å²) in [7, 11) is 0. The number of carboxylic acid groups (broad SMARTS) is 1. The molecule has 5 unspecified atom stereocenters. The van der Waals surface area contributed by atoms with E-state index in [1.807, 2.05) is 0 Å². The number of phenolic OH excluding ortho intramolecular Hbond substituents is 1. The summed E-state index contributed by atoms with van der Waals surface area (Å²) in [6, 6.07) is 3.22. The fourth-order valence-corrected chi connectivity index (χ4v) is 5.70. The van der Waals surface area contributed by atoms with E-state index in [4.69, 9.17) is 4.74 Å². The van der Waals surface area contributed by atoms with Crippen LogP contribution in [0.2, 0.25) is 0 Å². The van der Waals surface area contributed by atoms with Crippen LogP contribution in [0.15, 0.2) is 35.5 Å². The number of aliphatic hydroxyl groups is 4. The molecule has 1 aromatic rings. The van der Waals surface area contributed by atoms with Crippen molar-refractivity contribution in [3.63, 3.8) is 0 Å². The molecular weight excluding hydrogens is 498 g/mol. The Morgan fingerprint density at radius 1 is 1.17 bits per heavy atom. The highest BCUT2D eigenvalue weighted by Gasteiger charge is 2.54. The lowest BCUT2D eigenvalue weighted by Gasteiger charge is -2.49. The van der Waals surface area contributed by atoms with Crippen LogP contribution >= 0.6 is 11.8 Å². The zero-order chi connectivity index (χ0) is 26.3. The van der Waals surface area contributed by atoms with Crippen LogP contribution in [-0.2, 0) is 19.1 Å². The fourth-order valence-electron chi connectivity index (χ4n) is 4.41. The molecule has 14 heteroatoms. The van der Waals surface area contributed by atoms with Crippen LogP contribution in [0.4, 0.5) is 0 Å². The van der Waals surface area contributed by atoms with Crippen molar-refractivity contribution < 1.29 is 49.8 Å². The van der Waals surface area contributed by atoms with E-state index in [9.17, 15) is 45.0 Å². The van der Waals surface area contributed by atoms with Gasteiger partial charge < -0.3 is 40.7 Å². The number of ether oxygens (including phenoxy) is 1. The Morgan fingerprint density at radius 3 is 2.44 bits per heavy atom. The molecule has 3 heterocycles. The molecule has 0 aromatic heterocycles. The molecule has 36 heavy (non-hydrogen) atoms. The predicted octanol–water partition coefficient (Wildman–Crippen LogP) is -2.42. The minimum Gasteiger partial charge on any atom is -0.508 e. The van der Waals surface area contributed by atoms with E-state index in [-0.39, 0.29) is 11.4 Å². The van der Waals surface area contributed by atoms with Crippen molar-refractivity contribution in [1.29, 1.82) is 0 Å². The Balaban J connectivity index is 1.55. The SMILES string of the molecule is CC1=C(C(=O)O)N2C(=O)[C@@H](NC(=O)[C@H](NC3OC(CO)C(O)C(O)C3O)c3ccc(O)cc3)[C@H]2SC1. The van der Waals surface area contributed by atoms with Gasteiger partial charge in [0, 0.05) is 5.75 Å². The van der Waals surface area contributed by atoms with Crippen LogP contribution in [0.25, 0.3) is 0 Å². The smallest absolute Gasteiger partial charge is 0.352 e. The number of thioether (sulfide) groups is 1. The highest BCUT2D eigenvalue weighted by Crippen LogP contribution is 2.40. The molecule has 2 saturated heterocycles. The second kappa shape index (κ2) is 10.3. The third-order valence-corrected chi connectivity index (χ3v) is 7.80. The molecule has 0 radical (unpaired) electrons. The number of aliphatic carboxylic acids is 1. The topological polar surface area (TPSA) is 209 Å². The molecule has 0 aliphatic carbocycles. The number of fused-ring (bicyclic) bond motifs is 1. The molecule has 0 bridgehead atoms. The maximum Gasteiger partial charge on any atom is 0.352 e. The van der Waals surface area contributed by atoms with Gasteiger partial charge in [0.05, 0.1) is 6.61 Å². The molecule has 2 fully saturated rings. The summed E-state index contributed by atoms with van der Waals surface area (Å²) in [5, 5.41) is 63.9.